The van der Waals surface area contributed by atoms with Crippen LogP contribution in [0.5, 0.6) is 0 Å². The number of likely N-dealkylation sites (tertiary alicyclic amines) is 1. The second-order valence-electron chi connectivity index (χ2n) is 6.62. The van der Waals surface area contributed by atoms with Crippen molar-refractivity contribution in [3.8, 4) is 0 Å². The minimum Gasteiger partial charge on any atom is -0.375 e. The van der Waals surface area contributed by atoms with Crippen LogP contribution in [0.15, 0.2) is 0 Å². The molecule has 1 amide bonds. The molecule has 3 rings (SSSR count). The Balaban J connectivity index is 1.40. The highest BCUT2D eigenvalue weighted by Crippen LogP contribution is 2.35. The van der Waals surface area contributed by atoms with Gasteiger partial charge in [0.25, 0.3) is 0 Å². The van der Waals surface area contributed by atoms with Gasteiger partial charge in [-0.3, -0.25) is 14.9 Å². The van der Waals surface area contributed by atoms with Gasteiger partial charge < -0.3 is 9.64 Å². The molecular weight excluding hydrogens is 272 g/mol. The molecular formula is C15H24N2O4. The molecule has 1 saturated heterocycles. The van der Waals surface area contributed by atoms with Crippen molar-refractivity contribution in [3.05, 3.63) is 10.1 Å². The van der Waals surface area contributed by atoms with Gasteiger partial charge in [-0.15, -0.1) is 0 Å². The van der Waals surface area contributed by atoms with Crippen molar-refractivity contribution in [3.63, 3.8) is 0 Å². The van der Waals surface area contributed by atoms with Crippen LogP contribution in [-0.2, 0) is 9.53 Å². The maximum Gasteiger partial charge on any atom is 0.232 e. The summed E-state index contributed by atoms with van der Waals surface area (Å²) < 4.78 is 6.15. The summed E-state index contributed by atoms with van der Waals surface area (Å²) in [6, 6.07) is -0.631. The fraction of sp³-hybridized carbons (Fsp3) is 0.933. The number of hydrogen-bond acceptors (Lipinski definition) is 4. The molecule has 6 nitrogen and oxygen atoms in total. The molecule has 0 radical (unpaired) electrons. The molecule has 118 valence electrons. The van der Waals surface area contributed by atoms with Gasteiger partial charge in [-0.2, -0.15) is 0 Å². The molecule has 0 aromatic rings. The van der Waals surface area contributed by atoms with Gasteiger partial charge in [0, 0.05) is 24.4 Å². The number of carbonyl (C=O) groups is 1. The third kappa shape index (κ3) is 3.54. The molecule has 2 atom stereocenters. The molecule has 0 bridgehead atoms. The van der Waals surface area contributed by atoms with Crippen LogP contribution in [-0.4, -0.2) is 47.1 Å². The lowest BCUT2D eigenvalue weighted by Gasteiger charge is -2.35. The SMILES string of the molecule is O=C(C1CC1[N+](=O)[O-])N1CCC(OC2CCCCC2)CC1. The molecule has 2 aliphatic carbocycles. The van der Waals surface area contributed by atoms with Gasteiger partial charge in [-0.25, -0.2) is 0 Å². The standard InChI is InChI=1S/C15H24N2O4/c18-15(13-10-14(13)17(19)20)16-8-6-12(7-9-16)21-11-4-2-1-3-5-11/h11-14H,1-10H2. The van der Waals surface area contributed by atoms with Crippen molar-refractivity contribution in [2.75, 3.05) is 13.1 Å². The second kappa shape index (κ2) is 6.30. The molecule has 1 heterocycles. The summed E-state index contributed by atoms with van der Waals surface area (Å²) >= 11 is 0. The lowest BCUT2D eigenvalue weighted by atomic mass is 9.97. The predicted molar refractivity (Wildman–Crippen MR) is 76.4 cm³/mol. The van der Waals surface area contributed by atoms with E-state index in [0.717, 1.165) is 12.8 Å². The maximum atomic E-state index is 12.2. The predicted octanol–water partition coefficient (Wildman–Crippen LogP) is 1.99. The van der Waals surface area contributed by atoms with Crippen LogP contribution in [0.3, 0.4) is 0 Å². The molecule has 2 unspecified atom stereocenters. The molecule has 6 heteroatoms. The summed E-state index contributed by atoms with van der Waals surface area (Å²) in [5.41, 5.74) is 0. The zero-order valence-electron chi connectivity index (χ0n) is 12.4. The van der Waals surface area contributed by atoms with Crippen LogP contribution in [0.2, 0.25) is 0 Å². The van der Waals surface area contributed by atoms with Gasteiger partial charge in [0.1, 0.15) is 5.92 Å². The largest absolute Gasteiger partial charge is 0.375 e. The summed E-state index contributed by atoms with van der Waals surface area (Å²) in [5, 5.41) is 10.6. The van der Waals surface area contributed by atoms with Gasteiger partial charge in [0.2, 0.25) is 11.9 Å². The van der Waals surface area contributed by atoms with Crippen LogP contribution < -0.4 is 0 Å². The van der Waals surface area contributed by atoms with Crippen LogP contribution in [0.25, 0.3) is 0 Å². The van der Waals surface area contributed by atoms with Gasteiger partial charge in [0.05, 0.1) is 12.2 Å². The van der Waals surface area contributed by atoms with Crippen LogP contribution in [0, 0.1) is 16.0 Å². The Labute approximate surface area is 125 Å². The summed E-state index contributed by atoms with van der Waals surface area (Å²) in [5.74, 6) is -0.386. The maximum absolute atomic E-state index is 12.2. The highest BCUT2D eigenvalue weighted by atomic mass is 16.6. The molecule has 21 heavy (non-hydrogen) atoms. The zero-order chi connectivity index (χ0) is 14.8. The number of carbonyl (C=O) groups excluding carboxylic acids is 1. The number of nitrogens with zero attached hydrogens (tertiary/aromatic N) is 2. The van der Waals surface area contributed by atoms with Gasteiger partial charge in [-0.1, -0.05) is 19.3 Å². The smallest absolute Gasteiger partial charge is 0.232 e. The summed E-state index contributed by atoms with van der Waals surface area (Å²) in [7, 11) is 0. The highest BCUT2D eigenvalue weighted by Gasteiger charge is 2.54. The van der Waals surface area contributed by atoms with E-state index < -0.39 is 6.04 Å². The first-order chi connectivity index (χ1) is 10.1. The lowest BCUT2D eigenvalue weighted by molar-refractivity contribution is -0.497. The molecule has 0 spiro atoms. The van der Waals surface area contributed by atoms with E-state index in [1.165, 1.54) is 32.1 Å². The van der Waals surface area contributed by atoms with E-state index in [0.29, 0.717) is 25.6 Å². The Morgan fingerprint density at radius 2 is 1.67 bits per heavy atom. The summed E-state index contributed by atoms with van der Waals surface area (Å²) in [6.07, 6.45) is 9.05. The monoisotopic (exact) mass is 296 g/mol. The lowest BCUT2D eigenvalue weighted by Crippen LogP contribution is -2.43. The van der Waals surface area contributed by atoms with Crippen LogP contribution in [0.1, 0.15) is 51.4 Å². The Kier molecular flexibility index (Phi) is 4.42. The van der Waals surface area contributed by atoms with Crippen LogP contribution in [0.4, 0.5) is 0 Å². The average Bonchev–Trinajstić information content (AvgIpc) is 3.29. The Hall–Kier alpha value is -1.17. The van der Waals surface area contributed by atoms with Crippen LogP contribution >= 0.6 is 0 Å². The molecule has 0 aromatic carbocycles. The first-order valence-corrected chi connectivity index (χ1v) is 8.23. The number of nitro groups is 1. The van der Waals surface area contributed by atoms with E-state index in [2.05, 4.69) is 0 Å². The molecule has 3 fully saturated rings. The summed E-state index contributed by atoms with van der Waals surface area (Å²) in [4.78, 5) is 24.3. The molecule has 0 aromatic heterocycles. The minimum atomic E-state index is -0.631. The van der Waals surface area contributed by atoms with E-state index in [1.54, 1.807) is 4.90 Å². The topological polar surface area (TPSA) is 72.7 Å². The summed E-state index contributed by atoms with van der Waals surface area (Å²) in [6.45, 7) is 1.38. The van der Waals surface area contributed by atoms with E-state index in [4.69, 9.17) is 4.74 Å². The molecule has 2 saturated carbocycles. The van der Waals surface area contributed by atoms with E-state index >= 15 is 0 Å². The zero-order valence-corrected chi connectivity index (χ0v) is 12.4. The van der Waals surface area contributed by atoms with Crippen molar-refractivity contribution in [1.82, 2.24) is 4.90 Å². The first kappa shape index (κ1) is 14.8. The van der Waals surface area contributed by atoms with Gasteiger partial charge >= 0.3 is 0 Å². The quantitative estimate of drug-likeness (QED) is 0.587. The average molecular weight is 296 g/mol. The van der Waals surface area contributed by atoms with Crippen molar-refractivity contribution < 1.29 is 14.5 Å². The van der Waals surface area contributed by atoms with Gasteiger partial charge in [0.15, 0.2) is 0 Å². The van der Waals surface area contributed by atoms with Gasteiger partial charge in [-0.05, 0) is 25.7 Å². The van der Waals surface area contributed by atoms with E-state index in [1.807, 2.05) is 0 Å². The Morgan fingerprint density at radius 3 is 2.24 bits per heavy atom. The highest BCUT2D eigenvalue weighted by molar-refractivity contribution is 5.82. The second-order valence-corrected chi connectivity index (χ2v) is 6.62. The van der Waals surface area contributed by atoms with Crippen molar-refractivity contribution in [2.45, 2.75) is 69.6 Å². The normalized spacial score (nSPS) is 31.1. The minimum absolute atomic E-state index is 0.0205. The Bertz CT molecular complexity index is 400. The number of ether oxygens (including phenoxy) is 1. The molecule has 3 aliphatic rings. The Morgan fingerprint density at radius 1 is 1.05 bits per heavy atom. The van der Waals surface area contributed by atoms with Crippen molar-refractivity contribution in [2.24, 2.45) is 5.92 Å². The van der Waals surface area contributed by atoms with E-state index in [9.17, 15) is 14.9 Å². The number of amides is 1. The number of rotatable bonds is 4. The number of piperidine rings is 1. The fourth-order valence-corrected chi connectivity index (χ4v) is 3.60. The van der Waals surface area contributed by atoms with Crippen molar-refractivity contribution >= 4 is 5.91 Å². The number of hydrogen-bond donors (Lipinski definition) is 0. The third-order valence-corrected chi connectivity index (χ3v) is 5.04. The van der Waals surface area contributed by atoms with E-state index in [-0.39, 0.29) is 22.9 Å². The van der Waals surface area contributed by atoms with Crippen molar-refractivity contribution in [1.29, 1.82) is 0 Å². The fourth-order valence-electron chi connectivity index (χ4n) is 3.60. The third-order valence-electron chi connectivity index (χ3n) is 5.04. The molecule has 1 aliphatic heterocycles. The molecule has 0 N–H and O–H groups in total. The first-order valence-electron chi connectivity index (χ1n) is 8.23.